The van der Waals surface area contributed by atoms with E-state index in [1.54, 1.807) is 0 Å². The van der Waals surface area contributed by atoms with Gasteiger partial charge in [-0.25, -0.2) is 22.0 Å². The zero-order valence-electron chi connectivity index (χ0n) is 11.6. The number of hydrogen-bond acceptors (Lipinski definition) is 0. The lowest BCUT2D eigenvalue weighted by Crippen LogP contribution is -2.41. The molecule has 0 aliphatic carbocycles. The fourth-order valence-corrected chi connectivity index (χ4v) is 1.95. The van der Waals surface area contributed by atoms with E-state index in [9.17, 15) is 22.0 Å². The minimum absolute atomic E-state index is 0.295. The number of halogens is 5. The van der Waals surface area contributed by atoms with Gasteiger partial charge in [0.15, 0.2) is 12.3 Å². The first-order valence-electron chi connectivity index (χ1n) is 7.18. The fourth-order valence-electron chi connectivity index (χ4n) is 1.95. The highest BCUT2D eigenvalue weighted by Gasteiger charge is 2.48. The van der Waals surface area contributed by atoms with Crippen LogP contribution in [0.25, 0.3) is 0 Å². The second kappa shape index (κ2) is 10.4. The van der Waals surface area contributed by atoms with Gasteiger partial charge < -0.3 is 0 Å². The molecule has 0 fully saturated rings. The number of hydrogen-bond donors (Lipinski definition) is 0. The smallest absolute Gasteiger partial charge is 0.248 e. The van der Waals surface area contributed by atoms with Crippen LogP contribution in [0.4, 0.5) is 22.0 Å². The van der Waals surface area contributed by atoms with E-state index in [1.807, 2.05) is 0 Å². The maximum absolute atomic E-state index is 13.1. The van der Waals surface area contributed by atoms with E-state index in [0.29, 0.717) is 12.8 Å². The Labute approximate surface area is 112 Å². The number of rotatable bonds is 12. The fraction of sp³-hybridized carbons (Fsp3) is 1.00. The predicted molar refractivity (Wildman–Crippen MR) is 67.9 cm³/mol. The van der Waals surface area contributed by atoms with E-state index in [1.165, 1.54) is 12.8 Å². The van der Waals surface area contributed by atoms with Gasteiger partial charge in [0.2, 0.25) is 0 Å². The van der Waals surface area contributed by atoms with Crippen LogP contribution in [0.15, 0.2) is 0 Å². The third kappa shape index (κ3) is 7.73. The highest BCUT2D eigenvalue weighted by molar-refractivity contribution is 4.84. The first-order valence-corrected chi connectivity index (χ1v) is 7.18. The molecule has 0 saturated carbocycles. The Hall–Kier alpha value is -0.350. The summed E-state index contributed by atoms with van der Waals surface area (Å²) >= 11 is 0. The van der Waals surface area contributed by atoms with Crippen LogP contribution in [0, 0.1) is 0 Å². The molecule has 0 amide bonds. The molecule has 2 unspecified atom stereocenters. The molecule has 0 aliphatic rings. The molecule has 0 N–H and O–H groups in total. The van der Waals surface area contributed by atoms with Crippen molar-refractivity contribution in [3.05, 3.63) is 0 Å². The molecule has 0 radical (unpaired) electrons. The molecule has 0 spiro atoms. The summed E-state index contributed by atoms with van der Waals surface area (Å²) in [6, 6.07) is 0. The van der Waals surface area contributed by atoms with Gasteiger partial charge in [0.1, 0.15) is 6.67 Å². The number of alkyl halides is 5. The monoisotopic (exact) mass is 288 g/mol. The third-order valence-electron chi connectivity index (χ3n) is 3.28. The second-order valence-electron chi connectivity index (χ2n) is 5.03. The van der Waals surface area contributed by atoms with Crippen molar-refractivity contribution >= 4 is 0 Å². The topological polar surface area (TPSA) is 0 Å². The van der Waals surface area contributed by atoms with Crippen LogP contribution in [0.3, 0.4) is 0 Å². The van der Waals surface area contributed by atoms with Crippen molar-refractivity contribution in [2.75, 3.05) is 6.67 Å². The van der Waals surface area contributed by atoms with Crippen LogP contribution < -0.4 is 0 Å². The summed E-state index contributed by atoms with van der Waals surface area (Å²) in [5.41, 5.74) is 0. The largest absolute Gasteiger partial charge is 0.311 e. The van der Waals surface area contributed by atoms with E-state index in [0.717, 1.165) is 25.7 Å². The Morgan fingerprint density at radius 1 is 0.789 bits per heavy atom. The highest BCUT2D eigenvalue weighted by atomic mass is 19.3. The van der Waals surface area contributed by atoms with E-state index in [-0.39, 0.29) is 0 Å². The van der Waals surface area contributed by atoms with Gasteiger partial charge >= 0.3 is 5.92 Å². The average Bonchev–Trinajstić information content (AvgIpc) is 2.40. The molecular weight excluding hydrogens is 263 g/mol. The minimum atomic E-state index is -4.20. The maximum Gasteiger partial charge on any atom is 0.311 e. The van der Waals surface area contributed by atoms with Gasteiger partial charge in [-0.2, -0.15) is 0 Å². The van der Waals surface area contributed by atoms with Gasteiger partial charge in [0.25, 0.3) is 0 Å². The Morgan fingerprint density at radius 2 is 1.26 bits per heavy atom. The van der Waals surface area contributed by atoms with Crippen LogP contribution in [-0.4, -0.2) is 24.9 Å². The summed E-state index contributed by atoms with van der Waals surface area (Å²) in [6.45, 7) is 0.280. The van der Waals surface area contributed by atoms with Crippen molar-refractivity contribution in [3.8, 4) is 0 Å². The van der Waals surface area contributed by atoms with Crippen molar-refractivity contribution in [3.63, 3.8) is 0 Å². The Morgan fingerprint density at radius 3 is 1.74 bits per heavy atom. The zero-order valence-corrected chi connectivity index (χ0v) is 11.6. The van der Waals surface area contributed by atoms with Crippen LogP contribution in [-0.2, 0) is 0 Å². The highest BCUT2D eigenvalue weighted by Crippen LogP contribution is 2.31. The van der Waals surface area contributed by atoms with Gasteiger partial charge in [-0.1, -0.05) is 58.3 Å². The van der Waals surface area contributed by atoms with Crippen molar-refractivity contribution in [2.45, 2.75) is 83.0 Å². The lowest BCUT2D eigenvalue weighted by molar-refractivity contribution is -0.134. The lowest BCUT2D eigenvalue weighted by atomic mass is 10.0. The summed E-state index contributed by atoms with van der Waals surface area (Å²) in [7, 11) is 0. The standard InChI is InChI=1S/C14H25F5/c1-2-3-4-5-6-7-8-9-10-12(16)14(18,19)13(17)11-15/h12-13H,2-11H2,1H3. The van der Waals surface area contributed by atoms with Crippen molar-refractivity contribution in [1.82, 2.24) is 0 Å². The van der Waals surface area contributed by atoms with Crippen LogP contribution >= 0.6 is 0 Å². The van der Waals surface area contributed by atoms with Gasteiger partial charge in [0, 0.05) is 0 Å². The van der Waals surface area contributed by atoms with Crippen molar-refractivity contribution in [1.29, 1.82) is 0 Å². The molecule has 19 heavy (non-hydrogen) atoms. The van der Waals surface area contributed by atoms with Crippen LogP contribution in [0.1, 0.15) is 64.7 Å². The lowest BCUT2D eigenvalue weighted by Gasteiger charge is -2.22. The quantitative estimate of drug-likeness (QED) is 0.314. The van der Waals surface area contributed by atoms with E-state index in [2.05, 4.69) is 6.92 Å². The summed E-state index contributed by atoms with van der Waals surface area (Å²) in [5.74, 6) is -4.20. The normalized spacial score (nSPS) is 15.5. The predicted octanol–water partition coefficient (Wildman–Crippen LogP) is 5.80. The molecule has 0 aliphatic heterocycles. The molecule has 0 aromatic rings. The minimum Gasteiger partial charge on any atom is -0.248 e. The van der Waals surface area contributed by atoms with Crippen LogP contribution in [0.5, 0.6) is 0 Å². The summed E-state index contributed by atoms with van der Waals surface area (Å²) in [4.78, 5) is 0. The second-order valence-corrected chi connectivity index (χ2v) is 5.03. The van der Waals surface area contributed by atoms with Crippen LogP contribution in [0.2, 0.25) is 0 Å². The Bertz CT molecular complexity index is 208. The van der Waals surface area contributed by atoms with Crippen molar-refractivity contribution < 1.29 is 22.0 Å². The SMILES string of the molecule is CCCCCCCCCCC(F)C(F)(F)C(F)CF. The van der Waals surface area contributed by atoms with E-state index < -0.39 is 31.4 Å². The first kappa shape index (κ1) is 18.7. The average molecular weight is 288 g/mol. The number of unbranched alkanes of at least 4 members (excludes halogenated alkanes) is 7. The molecule has 116 valence electrons. The molecule has 5 heteroatoms. The van der Waals surface area contributed by atoms with E-state index >= 15 is 0 Å². The molecule has 0 aromatic carbocycles. The zero-order chi connectivity index (χ0) is 14.7. The Kier molecular flexibility index (Phi) is 10.2. The molecule has 0 aromatic heterocycles. The van der Waals surface area contributed by atoms with E-state index in [4.69, 9.17) is 0 Å². The van der Waals surface area contributed by atoms with Gasteiger partial charge in [0.05, 0.1) is 0 Å². The molecule has 0 heterocycles. The van der Waals surface area contributed by atoms with Crippen molar-refractivity contribution in [2.24, 2.45) is 0 Å². The molecular formula is C14H25F5. The summed E-state index contributed by atoms with van der Waals surface area (Å²) in [5, 5.41) is 0. The molecule has 0 bridgehead atoms. The molecule has 0 rings (SSSR count). The molecule has 0 nitrogen and oxygen atoms in total. The van der Waals surface area contributed by atoms with Gasteiger partial charge in [-0.3, -0.25) is 0 Å². The molecule has 0 saturated heterocycles. The van der Waals surface area contributed by atoms with Gasteiger partial charge in [-0.15, -0.1) is 0 Å². The third-order valence-corrected chi connectivity index (χ3v) is 3.28. The first-order chi connectivity index (χ1) is 8.96. The maximum atomic E-state index is 13.1. The van der Waals surface area contributed by atoms with Gasteiger partial charge in [-0.05, 0) is 6.42 Å². The summed E-state index contributed by atoms with van der Waals surface area (Å²) in [6.07, 6.45) is 1.47. The Balaban J connectivity index is 3.60. The summed E-state index contributed by atoms with van der Waals surface area (Å²) < 4.78 is 63.4. The molecule has 2 atom stereocenters.